The summed E-state index contributed by atoms with van der Waals surface area (Å²) in [6.07, 6.45) is 0.706. The van der Waals surface area contributed by atoms with E-state index in [4.69, 9.17) is 4.74 Å². The van der Waals surface area contributed by atoms with E-state index in [1.54, 1.807) is 18.2 Å². The molecule has 2 aromatic rings. The lowest BCUT2D eigenvalue weighted by molar-refractivity contribution is -0.121. The van der Waals surface area contributed by atoms with E-state index >= 15 is 0 Å². The van der Waals surface area contributed by atoms with Crippen molar-refractivity contribution in [1.82, 2.24) is 5.32 Å². The van der Waals surface area contributed by atoms with Crippen LogP contribution in [-0.4, -0.2) is 11.5 Å². The summed E-state index contributed by atoms with van der Waals surface area (Å²) < 4.78 is 19.8. The highest BCUT2D eigenvalue weighted by Crippen LogP contribution is 2.39. The lowest BCUT2D eigenvalue weighted by Gasteiger charge is -2.38. The summed E-state index contributed by atoms with van der Waals surface area (Å²) in [4.78, 5) is 12.4. The van der Waals surface area contributed by atoms with Crippen LogP contribution in [0.3, 0.4) is 0 Å². The molecule has 1 heterocycles. The molecule has 0 radical (unpaired) electrons. The fourth-order valence-electron chi connectivity index (χ4n) is 3.15. The van der Waals surface area contributed by atoms with Crippen LogP contribution in [0.4, 0.5) is 4.39 Å². The average molecular weight is 327 g/mol. The van der Waals surface area contributed by atoms with E-state index in [9.17, 15) is 9.18 Å². The zero-order chi connectivity index (χ0) is 17.3. The number of benzene rings is 2. The Kier molecular flexibility index (Phi) is 4.31. The molecule has 126 valence electrons. The van der Waals surface area contributed by atoms with Crippen molar-refractivity contribution in [3.63, 3.8) is 0 Å². The van der Waals surface area contributed by atoms with E-state index in [-0.39, 0.29) is 29.8 Å². The molecule has 3 nitrogen and oxygen atoms in total. The van der Waals surface area contributed by atoms with Gasteiger partial charge in [-0.15, -0.1) is 0 Å². The molecule has 0 fully saturated rings. The highest BCUT2D eigenvalue weighted by Gasteiger charge is 2.34. The number of halogens is 1. The molecule has 1 N–H and O–H groups in total. The maximum Gasteiger partial charge on any atom is 0.225 e. The minimum Gasteiger partial charge on any atom is -0.487 e. The van der Waals surface area contributed by atoms with Gasteiger partial charge < -0.3 is 10.1 Å². The number of carbonyl (C=O) groups is 1. The zero-order valence-electron chi connectivity index (χ0n) is 14.2. The third kappa shape index (κ3) is 3.58. The maximum atomic E-state index is 13.7. The Balaban J connectivity index is 1.79. The van der Waals surface area contributed by atoms with Gasteiger partial charge in [0.05, 0.1) is 12.5 Å². The van der Waals surface area contributed by atoms with Gasteiger partial charge in [-0.05, 0) is 44.0 Å². The second kappa shape index (κ2) is 6.27. The summed E-state index contributed by atoms with van der Waals surface area (Å²) in [5, 5.41) is 3.04. The maximum absolute atomic E-state index is 13.7. The van der Waals surface area contributed by atoms with Crippen LogP contribution in [0.25, 0.3) is 0 Å². The molecule has 0 aliphatic carbocycles. The number of aryl methyl sites for hydroxylation is 1. The molecule has 2 aromatic carbocycles. The number of carbonyl (C=O) groups excluding carboxylic acids is 1. The summed E-state index contributed by atoms with van der Waals surface area (Å²) in [5.41, 5.74) is 2.13. The van der Waals surface area contributed by atoms with E-state index < -0.39 is 0 Å². The molecule has 1 atom stereocenters. The normalized spacial score (nSPS) is 18.4. The first-order valence-corrected chi connectivity index (χ1v) is 8.16. The van der Waals surface area contributed by atoms with Crippen molar-refractivity contribution in [1.29, 1.82) is 0 Å². The van der Waals surface area contributed by atoms with Gasteiger partial charge in [0.15, 0.2) is 0 Å². The van der Waals surface area contributed by atoms with Gasteiger partial charge in [-0.25, -0.2) is 4.39 Å². The molecule has 0 saturated carbocycles. The number of hydrogen-bond acceptors (Lipinski definition) is 2. The molecule has 3 rings (SSSR count). The molecule has 1 aliphatic rings. The van der Waals surface area contributed by atoms with Gasteiger partial charge in [0.25, 0.3) is 0 Å². The molecular weight excluding hydrogens is 305 g/mol. The predicted octanol–water partition coefficient (Wildman–Crippen LogP) is 4.10. The van der Waals surface area contributed by atoms with Gasteiger partial charge in [0.2, 0.25) is 5.91 Å². The van der Waals surface area contributed by atoms with Crippen molar-refractivity contribution in [2.45, 2.75) is 45.3 Å². The summed E-state index contributed by atoms with van der Waals surface area (Å²) >= 11 is 0. The Hall–Kier alpha value is -2.36. The smallest absolute Gasteiger partial charge is 0.225 e. The van der Waals surface area contributed by atoms with Crippen molar-refractivity contribution >= 4 is 5.91 Å². The number of hydrogen-bond donors (Lipinski definition) is 1. The van der Waals surface area contributed by atoms with Crippen molar-refractivity contribution in [3.8, 4) is 5.75 Å². The molecule has 0 aromatic heterocycles. The second-order valence-corrected chi connectivity index (χ2v) is 7.00. The molecule has 0 saturated heterocycles. The Morgan fingerprint density at radius 2 is 2.04 bits per heavy atom. The van der Waals surface area contributed by atoms with Crippen LogP contribution in [-0.2, 0) is 11.2 Å². The Labute approximate surface area is 141 Å². The summed E-state index contributed by atoms with van der Waals surface area (Å²) in [6.45, 7) is 6.03. The van der Waals surface area contributed by atoms with E-state index in [2.05, 4.69) is 5.32 Å². The summed E-state index contributed by atoms with van der Waals surface area (Å²) in [7, 11) is 0. The number of fused-ring (bicyclic) bond motifs is 1. The van der Waals surface area contributed by atoms with Gasteiger partial charge in [-0.2, -0.15) is 0 Å². The van der Waals surface area contributed by atoms with E-state index in [0.29, 0.717) is 12.0 Å². The molecule has 0 spiro atoms. The molecule has 0 unspecified atom stereocenters. The third-order valence-corrected chi connectivity index (χ3v) is 4.27. The van der Waals surface area contributed by atoms with Crippen molar-refractivity contribution in [2.24, 2.45) is 0 Å². The SMILES string of the molecule is Cc1ccc2c(c1)OC(C)(C)C[C@H]2NC(=O)Cc1ccccc1F. The van der Waals surface area contributed by atoms with Crippen LogP contribution in [0.2, 0.25) is 0 Å². The monoisotopic (exact) mass is 327 g/mol. The van der Waals surface area contributed by atoms with Crippen LogP contribution in [0.5, 0.6) is 5.75 Å². The topological polar surface area (TPSA) is 38.3 Å². The highest BCUT2D eigenvalue weighted by atomic mass is 19.1. The van der Waals surface area contributed by atoms with Gasteiger partial charge in [0.1, 0.15) is 17.2 Å². The highest BCUT2D eigenvalue weighted by molar-refractivity contribution is 5.79. The third-order valence-electron chi connectivity index (χ3n) is 4.27. The zero-order valence-corrected chi connectivity index (χ0v) is 14.2. The lowest BCUT2D eigenvalue weighted by Crippen LogP contribution is -2.41. The Morgan fingerprint density at radius 3 is 2.79 bits per heavy atom. The van der Waals surface area contributed by atoms with Crippen molar-refractivity contribution < 1.29 is 13.9 Å². The predicted molar refractivity (Wildman–Crippen MR) is 91.5 cm³/mol. The first-order valence-electron chi connectivity index (χ1n) is 8.16. The van der Waals surface area contributed by atoms with E-state index in [1.807, 2.05) is 39.0 Å². The Morgan fingerprint density at radius 1 is 1.29 bits per heavy atom. The lowest BCUT2D eigenvalue weighted by atomic mass is 9.89. The van der Waals surface area contributed by atoms with E-state index in [1.165, 1.54) is 6.07 Å². The van der Waals surface area contributed by atoms with Crippen LogP contribution >= 0.6 is 0 Å². The van der Waals surface area contributed by atoms with Crippen LogP contribution in [0.15, 0.2) is 42.5 Å². The fourth-order valence-corrected chi connectivity index (χ4v) is 3.15. The number of amides is 1. The number of nitrogens with one attached hydrogen (secondary N) is 1. The van der Waals surface area contributed by atoms with Crippen LogP contribution < -0.4 is 10.1 Å². The minimum atomic E-state index is -0.364. The standard InChI is InChI=1S/C20H22FNO2/c1-13-8-9-15-17(12-20(2,3)24-18(15)10-13)22-19(23)11-14-6-4-5-7-16(14)21/h4-10,17H,11-12H2,1-3H3,(H,22,23)/t17-/m1/s1. The second-order valence-electron chi connectivity index (χ2n) is 7.00. The van der Waals surface area contributed by atoms with Gasteiger partial charge in [-0.3, -0.25) is 4.79 Å². The molecule has 4 heteroatoms. The Bertz CT molecular complexity index is 770. The van der Waals surface area contributed by atoms with Crippen molar-refractivity contribution in [3.05, 3.63) is 65.0 Å². The molecule has 0 bridgehead atoms. The van der Waals surface area contributed by atoms with Gasteiger partial charge in [-0.1, -0.05) is 30.3 Å². The average Bonchev–Trinajstić information content (AvgIpc) is 2.48. The number of ether oxygens (including phenoxy) is 1. The summed E-state index contributed by atoms with van der Waals surface area (Å²) in [6, 6.07) is 12.2. The number of rotatable bonds is 3. The fraction of sp³-hybridized carbons (Fsp3) is 0.350. The van der Waals surface area contributed by atoms with Gasteiger partial charge >= 0.3 is 0 Å². The van der Waals surface area contributed by atoms with Gasteiger partial charge in [0, 0.05) is 12.0 Å². The molecular formula is C20H22FNO2. The van der Waals surface area contributed by atoms with Crippen LogP contribution in [0, 0.1) is 12.7 Å². The van der Waals surface area contributed by atoms with E-state index in [0.717, 1.165) is 16.9 Å². The van der Waals surface area contributed by atoms with Crippen LogP contribution in [0.1, 0.15) is 43.0 Å². The molecule has 1 amide bonds. The summed E-state index contributed by atoms with van der Waals surface area (Å²) in [5.74, 6) is 0.271. The first-order chi connectivity index (χ1) is 11.3. The quantitative estimate of drug-likeness (QED) is 0.922. The minimum absolute atomic E-state index is 0.0334. The molecule has 24 heavy (non-hydrogen) atoms. The largest absolute Gasteiger partial charge is 0.487 e. The first kappa shape index (κ1) is 16.5. The van der Waals surface area contributed by atoms with Crippen molar-refractivity contribution in [2.75, 3.05) is 0 Å². The molecule has 1 aliphatic heterocycles.